The summed E-state index contributed by atoms with van der Waals surface area (Å²) in [7, 11) is 0. The zero-order valence-corrected chi connectivity index (χ0v) is 33.8. The number of carbonyl (C=O) groups is 1. The molecule has 0 aromatic carbocycles. The van der Waals surface area contributed by atoms with Crippen LogP contribution in [-0.4, -0.2) is 87.5 Å². The predicted molar refractivity (Wildman–Crippen MR) is 216 cm³/mol. The van der Waals surface area contributed by atoms with Crippen LogP contribution in [0.2, 0.25) is 0 Å². The van der Waals surface area contributed by atoms with Gasteiger partial charge in [0.1, 0.15) is 24.4 Å². The summed E-state index contributed by atoms with van der Waals surface area (Å²) < 4.78 is 11.2. The van der Waals surface area contributed by atoms with Gasteiger partial charge in [0.2, 0.25) is 5.91 Å². The lowest BCUT2D eigenvalue weighted by atomic mass is 9.99. The van der Waals surface area contributed by atoms with E-state index in [4.69, 9.17) is 9.47 Å². The van der Waals surface area contributed by atoms with Gasteiger partial charge in [-0.1, -0.05) is 166 Å². The molecule has 6 N–H and O–H groups in total. The highest BCUT2D eigenvalue weighted by Crippen LogP contribution is 2.23. The average Bonchev–Trinajstić information content (AvgIpc) is 3.16. The number of ether oxygens (including phenoxy) is 2. The highest BCUT2D eigenvalue weighted by atomic mass is 16.7. The van der Waals surface area contributed by atoms with Crippen LogP contribution in [0.15, 0.2) is 36.5 Å². The van der Waals surface area contributed by atoms with Crippen LogP contribution in [0, 0.1) is 0 Å². The summed E-state index contributed by atoms with van der Waals surface area (Å²) in [6.07, 6.45) is 34.3. The summed E-state index contributed by atoms with van der Waals surface area (Å²) >= 11 is 0. The first-order valence-corrected chi connectivity index (χ1v) is 21.7. The van der Waals surface area contributed by atoms with Crippen LogP contribution in [0.5, 0.6) is 0 Å². The van der Waals surface area contributed by atoms with Crippen LogP contribution in [0.25, 0.3) is 0 Å². The normalized spacial score (nSPS) is 22.0. The Bertz CT molecular complexity index is 925. The van der Waals surface area contributed by atoms with Crippen LogP contribution < -0.4 is 5.32 Å². The van der Waals surface area contributed by atoms with Crippen LogP contribution in [0.3, 0.4) is 0 Å². The van der Waals surface area contributed by atoms with Crippen LogP contribution in [-0.2, 0) is 14.3 Å². The summed E-state index contributed by atoms with van der Waals surface area (Å²) in [5.74, 6) is -0.157. The number of nitrogens with one attached hydrogen (secondary N) is 1. The molecule has 0 spiro atoms. The van der Waals surface area contributed by atoms with Gasteiger partial charge in [0, 0.05) is 6.42 Å². The number of carbonyl (C=O) groups excluding carboxylic acids is 1. The minimum Gasteiger partial charge on any atom is -0.394 e. The van der Waals surface area contributed by atoms with E-state index in [0.717, 1.165) is 70.6 Å². The first-order valence-electron chi connectivity index (χ1n) is 21.7. The topological polar surface area (TPSA) is 149 Å². The molecular weight excluding hydrogens is 670 g/mol. The molecule has 1 heterocycles. The molecule has 0 aromatic heterocycles. The molecule has 1 aliphatic heterocycles. The number of allylic oxidation sites excluding steroid dienone is 6. The first kappa shape index (κ1) is 49.4. The van der Waals surface area contributed by atoms with Crippen LogP contribution in [0.4, 0.5) is 0 Å². The number of aliphatic hydroxyl groups is 5. The molecule has 1 amide bonds. The molecule has 1 aliphatic rings. The third-order valence-corrected chi connectivity index (χ3v) is 10.3. The van der Waals surface area contributed by atoms with Crippen LogP contribution >= 0.6 is 0 Å². The molecule has 9 nitrogen and oxygen atoms in total. The number of hydrogen-bond donors (Lipinski definition) is 6. The summed E-state index contributed by atoms with van der Waals surface area (Å²) in [5.41, 5.74) is 0. The fourth-order valence-corrected chi connectivity index (χ4v) is 6.76. The first-order chi connectivity index (χ1) is 25.8. The van der Waals surface area contributed by atoms with Gasteiger partial charge >= 0.3 is 0 Å². The summed E-state index contributed by atoms with van der Waals surface area (Å²) in [6.45, 7) is 3.70. The van der Waals surface area contributed by atoms with Crippen molar-refractivity contribution in [2.24, 2.45) is 0 Å². The molecule has 0 radical (unpaired) electrons. The maximum Gasteiger partial charge on any atom is 0.220 e. The third kappa shape index (κ3) is 26.0. The van der Waals surface area contributed by atoms with Gasteiger partial charge in [0.15, 0.2) is 6.29 Å². The van der Waals surface area contributed by atoms with Crippen molar-refractivity contribution in [2.45, 2.75) is 224 Å². The standard InChI is InChI=1S/C44H81NO8/c1-3-5-7-9-11-13-15-17-18-19-20-22-24-26-28-30-32-34-40(48)45-37(36-52-44-43(51)42(50)41(49)39(35-46)53-44)38(47)33-31-29-27-25-23-21-16-14-12-10-8-6-4-2/h5,7,11,13,17-18,37-39,41-44,46-47,49-51H,3-4,6,8-10,12,14-16,19-36H2,1-2H3,(H,45,48)/b7-5-,13-11-,18-17-. The smallest absolute Gasteiger partial charge is 0.220 e. The molecule has 0 aliphatic carbocycles. The molecule has 1 fully saturated rings. The van der Waals surface area contributed by atoms with E-state index in [1.807, 2.05) is 0 Å². The van der Waals surface area contributed by atoms with Gasteiger partial charge in [-0.3, -0.25) is 4.79 Å². The lowest BCUT2D eigenvalue weighted by molar-refractivity contribution is -0.302. The summed E-state index contributed by atoms with van der Waals surface area (Å²) in [6, 6.07) is -0.722. The molecule has 0 saturated carbocycles. The van der Waals surface area contributed by atoms with Crippen molar-refractivity contribution in [1.82, 2.24) is 5.32 Å². The van der Waals surface area contributed by atoms with Gasteiger partial charge in [-0.25, -0.2) is 0 Å². The summed E-state index contributed by atoms with van der Waals surface area (Å²) in [4.78, 5) is 12.9. The monoisotopic (exact) mass is 752 g/mol. The number of hydrogen-bond acceptors (Lipinski definition) is 8. The number of amides is 1. The molecule has 7 atom stereocenters. The van der Waals surface area contributed by atoms with E-state index >= 15 is 0 Å². The quantitative estimate of drug-likeness (QED) is 0.0279. The maximum absolute atomic E-state index is 12.9. The second-order valence-corrected chi connectivity index (χ2v) is 15.1. The van der Waals surface area contributed by atoms with Gasteiger partial charge in [0.05, 0.1) is 25.4 Å². The Balaban J connectivity index is 2.36. The fraction of sp³-hybridized carbons (Fsp3) is 0.841. The van der Waals surface area contributed by atoms with Crippen molar-refractivity contribution < 1.29 is 39.8 Å². The second kappa shape index (κ2) is 34.9. The SMILES string of the molecule is CC/C=C\C/C=C\C/C=C\CCCCCCCCCC(=O)NC(COC1OC(CO)C(O)C(O)C1O)C(O)CCCCCCCCCCCCCCC. The molecule has 0 aromatic rings. The number of rotatable bonds is 35. The molecular formula is C44H81NO8. The number of aliphatic hydroxyl groups excluding tert-OH is 5. The van der Waals surface area contributed by atoms with Crippen molar-refractivity contribution in [1.29, 1.82) is 0 Å². The van der Waals surface area contributed by atoms with E-state index in [9.17, 15) is 30.3 Å². The summed E-state index contributed by atoms with van der Waals surface area (Å²) in [5, 5.41) is 54.2. The van der Waals surface area contributed by atoms with Crippen molar-refractivity contribution in [3.63, 3.8) is 0 Å². The van der Waals surface area contributed by atoms with E-state index < -0.39 is 49.5 Å². The Morgan fingerprint density at radius 3 is 1.74 bits per heavy atom. The maximum atomic E-state index is 12.9. The molecule has 310 valence electrons. The van der Waals surface area contributed by atoms with E-state index in [2.05, 4.69) is 55.6 Å². The largest absolute Gasteiger partial charge is 0.394 e. The van der Waals surface area contributed by atoms with Crippen LogP contribution in [0.1, 0.15) is 181 Å². The number of unbranched alkanes of at least 4 members (excludes halogenated alkanes) is 19. The van der Waals surface area contributed by atoms with Gasteiger partial charge in [-0.05, 0) is 44.9 Å². The van der Waals surface area contributed by atoms with E-state index in [-0.39, 0.29) is 12.5 Å². The third-order valence-electron chi connectivity index (χ3n) is 10.3. The molecule has 1 rings (SSSR count). The van der Waals surface area contributed by atoms with Gasteiger partial charge in [-0.2, -0.15) is 0 Å². The Morgan fingerprint density at radius 2 is 1.17 bits per heavy atom. The van der Waals surface area contributed by atoms with Gasteiger partial charge in [0.25, 0.3) is 0 Å². The Kier molecular flexibility index (Phi) is 32.5. The van der Waals surface area contributed by atoms with Crippen molar-refractivity contribution in [3.05, 3.63) is 36.5 Å². The predicted octanol–water partition coefficient (Wildman–Crippen LogP) is 8.50. The highest BCUT2D eigenvalue weighted by Gasteiger charge is 2.44. The van der Waals surface area contributed by atoms with Crippen molar-refractivity contribution in [2.75, 3.05) is 13.2 Å². The molecule has 1 saturated heterocycles. The zero-order chi connectivity index (χ0) is 38.8. The minimum atomic E-state index is -1.55. The molecule has 53 heavy (non-hydrogen) atoms. The Morgan fingerprint density at radius 1 is 0.660 bits per heavy atom. The van der Waals surface area contributed by atoms with E-state index in [0.29, 0.717) is 12.8 Å². The van der Waals surface area contributed by atoms with E-state index in [1.54, 1.807) is 0 Å². The molecule has 9 heteroatoms. The lowest BCUT2D eigenvalue weighted by Crippen LogP contribution is -2.60. The molecule has 7 unspecified atom stereocenters. The Labute approximate surface area is 323 Å². The second-order valence-electron chi connectivity index (χ2n) is 15.1. The van der Waals surface area contributed by atoms with Crippen molar-refractivity contribution in [3.8, 4) is 0 Å². The van der Waals surface area contributed by atoms with Crippen molar-refractivity contribution >= 4 is 5.91 Å². The average molecular weight is 752 g/mol. The highest BCUT2D eigenvalue weighted by molar-refractivity contribution is 5.76. The fourth-order valence-electron chi connectivity index (χ4n) is 6.76. The zero-order valence-electron chi connectivity index (χ0n) is 33.8. The van der Waals surface area contributed by atoms with Gasteiger partial charge in [-0.15, -0.1) is 0 Å². The van der Waals surface area contributed by atoms with Gasteiger partial charge < -0.3 is 40.3 Å². The minimum absolute atomic E-state index is 0.142. The lowest BCUT2D eigenvalue weighted by Gasteiger charge is -2.40. The molecule has 0 bridgehead atoms. The van der Waals surface area contributed by atoms with E-state index in [1.165, 1.54) is 83.5 Å². The Hall–Kier alpha value is -1.59.